The van der Waals surface area contributed by atoms with Gasteiger partial charge >= 0.3 is 0 Å². The van der Waals surface area contributed by atoms with Crippen LogP contribution in [0.15, 0.2) is 36.6 Å². The van der Waals surface area contributed by atoms with Crippen LogP contribution in [-0.2, 0) is 4.74 Å². The van der Waals surface area contributed by atoms with E-state index in [1.807, 2.05) is 24.4 Å². The minimum Gasteiger partial charge on any atom is -0.382 e. The Morgan fingerprint density at radius 2 is 2.18 bits per heavy atom. The fourth-order valence-electron chi connectivity index (χ4n) is 1.29. The van der Waals surface area contributed by atoms with Crippen molar-refractivity contribution in [1.29, 1.82) is 0 Å². The summed E-state index contributed by atoms with van der Waals surface area (Å²) in [6, 6.07) is 0.318. The Hall–Kier alpha value is -1.02. The zero-order valence-corrected chi connectivity index (χ0v) is 6.23. The van der Waals surface area contributed by atoms with Crippen LogP contribution < -0.4 is 5.32 Å². The third-order valence-electron chi connectivity index (χ3n) is 1.88. The van der Waals surface area contributed by atoms with Gasteiger partial charge in [-0.2, -0.15) is 0 Å². The van der Waals surface area contributed by atoms with Crippen molar-refractivity contribution in [1.82, 2.24) is 5.32 Å². The van der Waals surface area contributed by atoms with Crippen molar-refractivity contribution < 1.29 is 4.74 Å². The van der Waals surface area contributed by atoms with E-state index in [0.717, 1.165) is 0 Å². The molecule has 0 bridgehead atoms. The second kappa shape index (κ2) is 2.93. The average Bonchev–Trinajstić information content (AvgIpc) is 2.28. The van der Waals surface area contributed by atoms with E-state index in [-0.39, 0.29) is 6.10 Å². The molecule has 0 spiro atoms. The van der Waals surface area contributed by atoms with Crippen molar-refractivity contribution in [2.75, 3.05) is 6.61 Å². The van der Waals surface area contributed by atoms with Gasteiger partial charge in [-0.05, 0) is 12.3 Å². The molecule has 2 heteroatoms. The number of fused-ring (bicyclic) bond motifs is 1. The molecule has 2 aliphatic rings. The molecule has 0 radical (unpaired) electrons. The van der Waals surface area contributed by atoms with Crippen LogP contribution in [0.4, 0.5) is 0 Å². The predicted octanol–water partition coefficient (Wildman–Crippen LogP) is 0.983. The predicted molar refractivity (Wildman–Crippen MR) is 44.1 cm³/mol. The maximum absolute atomic E-state index is 5.52. The lowest BCUT2D eigenvalue weighted by Crippen LogP contribution is -2.35. The molecular formula is C9H11NO. The summed E-state index contributed by atoms with van der Waals surface area (Å²) in [4.78, 5) is 0. The molecule has 0 aromatic carbocycles. The van der Waals surface area contributed by atoms with Gasteiger partial charge in [0.15, 0.2) is 0 Å². The van der Waals surface area contributed by atoms with E-state index in [4.69, 9.17) is 4.74 Å². The molecule has 0 aromatic rings. The van der Waals surface area contributed by atoms with E-state index >= 15 is 0 Å². The number of allylic oxidation sites excluding steroid dienone is 2. The monoisotopic (exact) mass is 149 g/mol. The first-order chi connectivity index (χ1) is 5.47. The van der Waals surface area contributed by atoms with Crippen LogP contribution in [0.3, 0.4) is 0 Å². The van der Waals surface area contributed by atoms with E-state index < -0.39 is 0 Å². The summed E-state index contributed by atoms with van der Waals surface area (Å²) >= 11 is 0. The number of hydrogen-bond donors (Lipinski definition) is 1. The average molecular weight is 149 g/mol. The van der Waals surface area contributed by atoms with Crippen molar-refractivity contribution in [2.45, 2.75) is 12.1 Å². The third-order valence-corrected chi connectivity index (χ3v) is 1.88. The molecule has 2 nitrogen and oxygen atoms in total. The molecular weight excluding hydrogens is 138 g/mol. The summed E-state index contributed by atoms with van der Waals surface area (Å²) in [5.74, 6) is 0. The van der Waals surface area contributed by atoms with Crippen LogP contribution in [0.5, 0.6) is 0 Å². The molecule has 0 amide bonds. The fraction of sp³-hybridized carbons (Fsp3) is 0.333. The Bertz CT molecular complexity index is 218. The van der Waals surface area contributed by atoms with Crippen molar-refractivity contribution in [3.8, 4) is 0 Å². The zero-order chi connectivity index (χ0) is 7.52. The van der Waals surface area contributed by atoms with Crippen molar-refractivity contribution in [3.05, 3.63) is 36.6 Å². The Morgan fingerprint density at radius 1 is 1.27 bits per heavy atom. The summed E-state index contributed by atoms with van der Waals surface area (Å²) in [5.41, 5.74) is 0. The molecule has 0 saturated heterocycles. The van der Waals surface area contributed by atoms with Gasteiger partial charge < -0.3 is 10.1 Å². The first-order valence-electron chi connectivity index (χ1n) is 3.84. The van der Waals surface area contributed by atoms with Crippen LogP contribution in [0, 0.1) is 0 Å². The molecule has 2 atom stereocenters. The maximum Gasteiger partial charge on any atom is 0.1000 e. The molecule has 1 aliphatic heterocycles. The summed E-state index contributed by atoms with van der Waals surface area (Å²) in [6.07, 6.45) is 12.4. The molecule has 1 N–H and O–H groups in total. The largest absolute Gasteiger partial charge is 0.382 e. The van der Waals surface area contributed by atoms with Crippen molar-refractivity contribution in [3.63, 3.8) is 0 Å². The summed E-state index contributed by atoms with van der Waals surface area (Å²) in [7, 11) is 0. The molecule has 1 aliphatic carbocycles. The maximum atomic E-state index is 5.52. The topological polar surface area (TPSA) is 21.3 Å². The van der Waals surface area contributed by atoms with E-state index in [1.165, 1.54) is 0 Å². The van der Waals surface area contributed by atoms with E-state index in [0.29, 0.717) is 12.6 Å². The van der Waals surface area contributed by atoms with Gasteiger partial charge in [-0.25, -0.2) is 0 Å². The number of ether oxygens (including phenoxy) is 1. The van der Waals surface area contributed by atoms with Crippen molar-refractivity contribution >= 4 is 0 Å². The second-order valence-corrected chi connectivity index (χ2v) is 2.66. The van der Waals surface area contributed by atoms with Gasteiger partial charge in [-0.1, -0.05) is 24.3 Å². The molecule has 2 unspecified atom stereocenters. The van der Waals surface area contributed by atoms with Crippen LogP contribution in [0.1, 0.15) is 0 Å². The molecule has 2 rings (SSSR count). The Labute approximate surface area is 66.2 Å². The van der Waals surface area contributed by atoms with Gasteiger partial charge in [-0.3, -0.25) is 0 Å². The SMILES string of the molecule is C1=CC2NC=CCOC2C=C1. The molecule has 58 valence electrons. The summed E-state index contributed by atoms with van der Waals surface area (Å²) in [6.45, 7) is 0.701. The standard InChI is InChI=1S/C9H11NO/c1-2-5-9-8(4-1)10-6-3-7-11-9/h1-6,8-10H,7H2. The lowest BCUT2D eigenvalue weighted by molar-refractivity contribution is 0.0988. The van der Waals surface area contributed by atoms with E-state index in [2.05, 4.69) is 17.5 Å². The third kappa shape index (κ3) is 1.35. The Balaban J connectivity index is 2.13. The normalized spacial score (nSPS) is 34.2. The lowest BCUT2D eigenvalue weighted by atomic mass is 10.1. The van der Waals surface area contributed by atoms with Gasteiger partial charge in [0.2, 0.25) is 0 Å². The Morgan fingerprint density at radius 3 is 3.18 bits per heavy atom. The quantitative estimate of drug-likeness (QED) is 0.554. The number of nitrogens with one attached hydrogen (secondary N) is 1. The molecule has 0 saturated carbocycles. The van der Waals surface area contributed by atoms with Crippen LogP contribution in [0.25, 0.3) is 0 Å². The second-order valence-electron chi connectivity index (χ2n) is 2.66. The zero-order valence-electron chi connectivity index (χ0n) is 6.23. The van der Waals surface area contributed by atoms with Gasteiger partial charge in [0, 0.05) is 0 Å². The molecule has 1 heterocycles. The van der Waals surface area contributed by atoms with Crippen LogP contribution >= 0.6 is 0 Å². The number of rotatable bonds is 0. The van der Waals surface area contributed by atoms with Crippen molar-refractivity contribution in [2.24, 2.45) is 0 Å². The van der Waals surface area contributed by atoms with E-state index in [9.17, 15) is 0 Å². The highest BCUT2D eigenvalue weighted by atomic mass is 16.5. The minimum atomic E-state index is 0.204. The summed E-state index contributed by atoms with van der Waals surface area (Å²) < 4.78 is 5.52. The van der Waals surface area contributed by atoms with Gasteiger partial charge in [0.1, 0.15) is 0 Å². The lowest BCUT2D eigenvalue weighted by Gasteiger charge is -2.21. The first-order valence-corrected chi connectivity index (χ1v) is 3.84. The molecule has 0 fully saturated rings. The minimum absolute atomic E-state index is 0.204. The van der Waals surface area contributed by atoms with Crippen LogP contribution in [0.2, 0.25) is 0 Å². The van der Waals surface area contributed by atoms with Gasteiger partial charge in [0.25, 0.3) is 0 Å². The number of hydrogen-bond acceptors (Lipinski definition) is 2. The highest BCUT2D eigenvalue weighted by Gasteiger charge is 2.18. The fourth-order valence-corrected chi connectivity index (χ4v) is 1.29. The van der Waals surface area contributed by atoms with Crippen LogP contribution in [-0.4, -0.2) is 18.8 Å². The summed E-state index contributed by atoms with van der Waals surface area (Å²) in [5, 5.41) is 3.24. The van der Waals surface area contributed by atoms with E-state index in [1.54, 1.807) is 0 Å². The highest BCUT2D eigenvalue weighted by molar-refractivity contribution is 5.20. The first kappa shape index (κ1) is 6.68. The highest BCUT2D eigenvalue weighted by Crippen LogP contribution is 2.10. The molecule has 0 aromatic heterocycles. The smallest absolute Gasteiger partial charge is 0.1000 e. The van der Waals surface area contributed by atoms with Gasteiger partial charge in [0.05, 0.1) is 18.8 Å². The van der Waals surface area contributed by atoms with Gasteiger partial charge in [-0.15, -0.1) is 0 Å². The Kier molecular flexibility index (Phi) is 1.78. The molecule has 11 heavy (non-hydrogen) atoms.